The minimum atomic E-state index is -1.25. The number of fused-ring (bicyclic) bond motifs is 3. The largest absolute Gasteiger partial charge is 0.508 e. The van der Waals surface area contributed by atoms with Gasteiger partial charge in [0.05, 0.1) is 18.8 Å². The zero-order chi connectivity index (χ0) is 33.9. The van der Waals surface area contributed by atoms with Gasteiger partial charge in [0.1, 0.15) is 36.2 Å². The summed E-state index contributed by atoms with van der Waals surface area (Å²) in [4.78, 5) is 25.6. The van der Waals surface area contributed by atoms with E-state index in [4.69, 9.17) is 28.4 Å². The van der Waals surface area contributed by atoms with E-state index >= 15 is 0 Å². The lowest BCUT2D eigenvalue weighted by molar-refractivity contribution is -0.273. The Hall–Kier alpha value is -4.44. The fourth-order valence-electron chi connectivity index (χ4n) is 6.58. The summed E-state index contributed by atoms with van der Waals surface area (Å²) in [5.74, 6) is 10.9. The van der Waals surface area contributed by atoms with E-state index in [9.17, 15) is 30.0 Å². The van der Waals surface area contributed by atoms with Crippen LogP contribution >= 0.6 is 0 Å². The molecule has 3 heterocycles. The third kappa shape index (κ3) is 5.40. The van der Waals surface area contributed by atoms with Crippen LogP contribution in [0, 0.1) is 30.6 Å². The van der Waals surface area contributed by atoms with Crippen LogP contribution in [-0.4, -0.2) is 107 Å². The molecule has 0 amide bonds. The van der Waals surface area contributed by atoms with Crippen LogP contribution in [0.25, 0.3) is 10.8 Å². The molecule has 2 aromatic rings. The second-order valence-corrected chi connectivity index (χ2v) is 12.2. The van der Waals surface area contributed by atoms with Crippen molar-refractivity contribution in [2.45, 2.75) is 81.1 Å². The molecule has 0 radical (unpaired) electrons. The van der Waals surface area contributed by atoms with E-state index in [2.05, 4.69) is 29.0 Å². The average Bonchev–Trinajstić information content (AvgIpc) is 3.39. The highest BCUT2D eigenvalue weighted by molar-refractivity contribution is 6.08. The SMILES string of the molecule is CNC1[C@H](O[C@@H]2C3=CC#C[C@H]4O[C@@]4([C@H]4COC(=O)O4)C#CC3=C[C@H]2OC(=O)c2c(O)ccc3c(C)cc(CO)cc23)OC(C)[C@H](O)[C@H]1O. The number of allylic oxidation sites excluding steroid dienone is 1. The Balaban J connectivity index is 1.27. The summed E-state index contributed by atoms with van der Waals surface area (Å²) >= 11 is 0. The molecule has 3 fully saturated rings. The number of hydrogen-bond donors (Lipinski definition) is 5. The number of esters is 1. The van der Waals surface area contributed by atoms with E-state index in [1.54, 1.807) is 44.3 Å². The molecule has 5 N–H and O–H groups in total. The molecule has 10 atom stereocenters. The van der Waals surface area contributed by atoms with Gasteiger partial charge >= 0.3 is 12.1 Å². The number of nitrogens with one attached hydrogen (secondary N) is 1. The first-order valence-corrected chi connectivity index (χ1v) is 15.4. The lowest BCUT2D eigenvalue weighted by Crippen LogP contribution is -2.62. The Labute approximate surface area is 275 Å². The molecule has 13 heteroatoms. The second kappa shape index (κ2) is 12.2. The summed E-state index contributed by atoms with van der Waals surface area (Å²) in [6.07, 6.45) is -5.68. The van der Waals surface area contributed by atoms with Crippen LogP contribution < -0.4 is 5.32 Å². The van der Waals surface area contributed by atoms with Gasteiger partial charge in [-0.15, -0.1) is 0 Å². The van der Waals surface area contributed by atoms with Crippen LogP contribution in [-0.2, 0) is 35.0 Å². The first-order chi connectivity index (χ1) is 23.0. The van der Waals surface area contributed by atoms with E-state index in [0.29, 0.717) is 27.5 Å². The maximum Gasteiger partial charge on any atom is 0.508 e. The maximum absolute atomic E-state index is 14.0. The molecule has 13 nitrogen and oxygen atoms in total. The van der Waals surface area contributed by atoms with Gasteiger partial charge in [0, 0.05) is 16.5 Å². The summed E-state index contributed by atoms with van der Waals surface area (Å²) in [6.45, 7) is 3.10. The van der Waals surface area contributed by atoms with Gasteiger partial charge < -0.3 is 54.2 Å². The van der Waals surface area contributed by atoms with E-state index in [0.717, 1.165) is 5.56 Å². The van der Waals surface area contributed by atoms with Crippen molar-refractivity contribution in [3.8, 4) is 29.4 Å². The van der Waals surface area contributed by atoms with Gasteiger partial charge in [-0.1, -0.05) is 35.8 Å². The van der Waals surface area contributed by atoms with Crippen molar-refractivity contribution in [2.75, 3.05) is 13.7 Å². The zero-order valence-electron chi connectivity index (χ0n) is 26.1. The Morgan fingerprint density at radius 3 is 2.73 bits per heavy atom. The van der Waals surface area contributed by atoms with Crippen molar-refractivity contribution in [1.29, 1.82) is 0 Å². The number of hydrogen-bond acceptors (Lipinski definition) is 13. The molecule has 2 aliphatic carbocycles. The van der Waals surface area contributed by atoms with Gasteiger partial charge in [-0.3, -0.25) is 0 Å². The van der Waals surface area contributed by atoms with Gasteiger partial charge in [-0.05, 0) is 61.7 Å². The maximum atomic E-state index is 14.0. The van der Waals surface area contributed by atoms with Crippen LogP contribution in [0.2, 0.25) is 0 Å². The highest BCUT2D eigenvalue weighted by Gasteiger charge is 2.65. The number of likely N-dealkylation sites (N-methyl/N-ethyl adjacent to an activating group) is 1. The van der Waals surface area contributed by atoms with E-state index in [1.165, 1.54) is 6.07 Å². The van der Waals surface area contributed by atoms with Crippen molar-refractivity contribution in [2.24, 2.45) is 0 Å². The number of ether oxygens (including phenoxy) is 6. The standard InChI is InChI=1S/C35H33NO12/c1-16-11-18(14-37)12-22-20(16)7-8-23(38)27(22)32(41)45-24-13-19-9-10-35(26-15-43-34(42)46-26)25(48-35)6-4-5-21(19)31(24)47-33-28(36-3)30(40)29(39)17(2)44-33/h5,7-8,11-13,17,24-26,28-31,33,36-40H,14-15H2,1-3H3/t17?,24-,25-,26-,28?,29+,30+,31-,33+,35+/m1/s1. The average molecular weight is 660 g/mol. The van der Waals surface area contributed by atoms with Crippen LogP contribution in [0.4, 0.5) is 4.79 Å². The number of epoxide rings is 1. The minimum absolute atomic E-state index is 0.0558. The fraction of sp³-hybridized carbons (Fsp3) is 0.429. The first-order valence-electron chi connectivity index (χ1n) is 15.4. The molecule has 2 aromatic carbocycles. The molecule has 0 spiro atoms. The van der Waals surface area contributed by atoms with E-state index in [1.807, 2.05) is 6.92 Å². The number of aliphatic hydroxyl groups excluding tert-OH is 3. The van der Waals surface area contributed by atoms with E-state index in [-0.39, 0.29) is 24.5 Å². The Bertz CT molecular complexity index is 1880. The van der Waals surface area contributed by atoms with Crippen LogP contribution in [0.1, 0.15) is 28.4 Å². The number of aromatic hydroxyl groups is 1. The molecule has 5 aliphatic rings. The smallest absolute Gasteiger partial charge is 0.507 e. The molecule has 3 aliphatic heterocycles. The quantitative estimate of drug-likeness (QED) is 0.160. The van der Waals surface area contributed by atoms with Crippen LogP contribution in [0.5, 0.6) is 5.75 Å². The number of carbonyl (C=O) groups is 2. The van der Waals surface area contributed by atoms with Crippen LogP contribution in [0.15, 0.2) is 47.6 Å². The molecule has 250 valence electrons. The molecule has 0 saturated carbocycles. The van der Waals surface area contributed by atoms with E-state index < -0.39 is 72.8 Å². The topological polar surface area (TPSA) is 186 Å². The normalized spacial score (nSPS) is 34.7. The van der Waals surface area contributed by atoms with Crippen molar-refractivity contribution >= 4 is 22.9 Å². The Kier molecular flexibility index (Phi) is 8.18. The molecular formula is C35H33NO12. The number of rotatable bonds is 7. The fourth-order valence-corrected chi connectivity index (χ4v) is 6.58. The number of phenolic OH excluding ortho intramolecular Hbond substituents is 1. The molecule has 7 rings (SSSR count). The van der Waals surface area contributed by atoms with Crippen molar-refractivity contribution in [3.05, 3.63) is 64.3 Å². The van der Waals surface area contributed by atoms with Gasteiger partial charge in [0.25, 0.3) is 0 Å². The summed E-state index contributed by atoms with van der Waals surface area (Å²) in [6, 6.07) is 5.63. The van der Waals surface area contributed by atoms with Crippen LogP contribution in [0.3, 0.4) is 0 Å². The van der Waals surface area contributed by atoms with Gasteiger partial charge in [0.2, 0.25) is 5.60 Å². The summed E-state index contributed by atoms with van der Waals surface area (Å²) in [7, 11) is 1.58. The first kappa shape index (κ1) is 32.1. The molecule has 2 unspecified atom stereocenters. The Morgan fingerprint density at radius 1 is 1.19 bits per heavy atom. The number of carbonyl (C=O) groups excluding carboxylic acids is 2. The molecular weight excluding hydrogens is 626 g/mol. The predicted octanol–water partition coefficient (Wildman–Crippen LogP) is 0.871. The number of aliphatic hydroxyl groups is 3. The monoisotopic (exact) mass is 659 g/mol. The summed E-state index contributed by atoms with van der Waals surface area (Å²) in [5.41, 5.74) is 0.848. The lowest BCUT2D eigenvalue weighted by atomic mass is 9.97. The number of cyclic esters (lactones) is 2. The number of benzene rings is 2. The van der Waals surface area contributed by atoms with Gasteiger partial charge in [-0.25, -0.2) is 9.59 Å². The molecule has 48 heavy (non-hydrogen) atoms. The number of phenols is 1. The Morgan fingerprint density at radius 2 is 2.00 bits per heavy atom. The molecule has 3 saturated heterocycles. The second-order valence-electron chi connectivity index (χ2n) is 12.2. The summed E-state index contributed by atoms with van der Waals surface area (Å²) in [5, 5.41) is 46.0. The molecule has 0 bridgehead atoms. The third-order valence-electron chi connectivity index (χ3n) is 9.26. The zero-order valence-corrected chi connectivity index (χ0v) is 26.1. The third-order valence-corrected chi connectivity index (χ3v) is 9.26. The predicted molar refractivity (Wildman–Crippen MR) is 165 cm³/mol. The highest BCUT2D eigenvalue weighted by Crippen LogP contribution is 2.44. The van der Waals surface area contributed by atoms with Gasteiger partial charge in [-0.2, -0.15) is 0 Å². The summed E-state index contributed by atoms with van der Waals surface area (Å²) < 4.78 is 34.5. The minimum Gasteiger partial charge on any atom is -0.507 e. The highest BCUT2D eigenvalue weighted by atomic mass is 16.8. The van der Waals surface area contributed by atoms with Crippen molar-refractivity contribution in [3.63, 3.8) is 0 Å². The molecule has 0 aromatic heterocycles. The number of aryl methyl sites for hydroxylation is 1. The lowest BCUT2D eigenvalue weighted by Gasteiger charge is -2.42. The van der Waals surface area contributed by atoms with Crippen molar-refractivity contribution < 1.29 is 58.4 Å². The van der Waals surface area contributed by atoms with Crippen molar-refractivity contribution in [1.82, 2.24) is 5.32 Å². The van der Waals surface area contributed by atoms with Gasteiger partial charge in [0.15, 0.2) is 24.6 Å².